The van der Waals surface area contributed by atoms with Crippen LogP contribution >= 0.6 is 23.1 Å². The zero-order valence-corrected chi connectivity index (χ0v) is 12.9. The van der Waals surface area contributed by atoms with Crippen LogP contribution < -0.4 is 5.32 Å². The molecule has 0 saturated carbocycles. The van der Waals surface area contributed by atoms with Gasteiger partial charge in [0.2, 0.25) is 0 Å². The largest absolute Gasteiger partial charge is 0.372 e. The van der Waals surface area contributed by atoms with Gasteiger partial charge in [-0.15, -0.1) is 10.2 Å². The fourth-order valence-corrected chi connectivity index (χ4v) is 3.46. The van der Waals surface area contributed by atoms with Gasteiger partial charge in [0, 0.05) is 14.1 Å². The van der Waals surface area contributed by atoms with Crippen molar-refractivity contribution in [1.82, 2.24) is 29.9 Å². The van der Waals surface area contributed by atoms with E-state index in [2.05, 4.69) is 30.6 Å². The molecule has 104 valence electrons. The number of nitrogens with one attached hydrogen (secondary N) is 1. The molecular formula is C11H13N7S2. The average molecular weight is 307 g/mol. The van der Waals surface area contributed by atoms with Gasteiger partial charge in [-0.2, -0.15) is 5.10 Å². The summed E-state index contributed by atoms with van der Waals surface area (Å²) in [6.45, 7) is 1.94. The number of anilines is 1. The van der Waals surface area contributed by atoms with Crippen LogP contribution in [0.1, 0.15) is 10.8 Å². The summed E-state index contributed by atoms with van der Waals surface area (Å²) in [6.07, 6.45) is 1.77. The average Bonchev–Trinajstić information content (AvgIpc) is 3.03. The molecule has 9 heteroatoms. The minimum absolute atomic E-state index is 0.657. The second-order valence-electron chi connectivity index (χ2n) is 4.12. The molecule has 20 heavy (non-hydrogen) atoms. The number of hydrogen-bond donors (Lipinski definition) is 1. The predicted molar refractivity (Wildman–Crippen MR) is 80.1 cm³/mol. The summed E-state index contributed by atoms with van der Waals surface area (Å²) in [5, 5.41) is 17.3. The summed E-state index contributed by atoms with van der Waals surface area (Å²) in [5.41, 5.74) is 0.827. The van der Waals surface area contributed by atoms with Gasteiger partial charge >= 0.3 is 0 Å². The van der Waals surface area contributed by atoms with Gasteiger partial charge in [-0.3, -0.25) is 4.68 Å². The Bertz CT molecular complexity index is 748. The summed E-state index contributed by atoms with van der Waals surface area (Å²) in [7, 11) is 3.72. The zero-order chi connectivity index (χ0) is 14.1. The first-order valence-corrected chi connectivity index (χ1v) is 7.77. The van der Waals surface area contributed by atoms with E-state index >= 15 is 0 Å². The summed E-state index contributed by atoms with van der Waals surface area (Å²) >= 11 is 3.17. The number of hydrogen-bond acceptors (Lipinski definition) is 8. The number of rotatable bonds is 4. The fourth-order valence-electron chi connectivity index (χ4n) is 1.79. The molecule has 0 spiro atoms. The van der Waals surface area contributed by atoms with Gasteiger partial charge in [-0.05, 0) is 6.92 Å². The maximum Gasteiger partial charge on any atom is 0.174 e. The van der Waals surface area contributed by atoms with Crippen molar-refractivity contribution >= 4 is 39.9 Å². The quantitative estimate of drug-likeness (QED) is 0.737. The molecule has 0 aliphatic rings. The second-order valence-corrected chi connectivity index (χ2v) is 6.52. The van der Waals surface area contributed by atoms with Crippen LogP contribution in [0.3, 0.4) is 0 Å². The number of aryl methyl sites for hydroxylation is 2. The molecule has 0 atom stereocenters. The standard InChI is InChI=1S/C11H13N7S2/c1-6-16-17-11(20-6)19-5-8-14-9(12-2)7-4-13-18(3)10(7)15-8/h4H,5H2,1-3H3,(H,12,14,15). The number of fused-ring (bicyclic) bond motifs is 1. The molecule has 7 nitrogen and oxygen atoms in total. The third-order valence-electron chi connectivity index (χ3n) is 2.71. The molecule has 0 aliphatic carbocycles. The molecule has 0 saturated heterocycles. The van der Waals surface area contributed by atoms with Crippen molar-refractivity contribution < 1.29 is 0 Å². The van der Waals surface area contributed by atoms with Crippen molar-refractivity contribution in [3.63, 3.8) is 0 Å². The fraction of sp³-hybridized carbons (Fsp3) is 0.364. The van der Waals surface area contributed by atoms with Gasteiger partial charge < -0.3 is 5.32 Å². The first-order valence-electron chi connectivity index (χ1n) is 5.96. The van der Waals surface area contributed by atoms with Crippen molar-refractivity contribution in [2.75, 3.05) is 12.4 Å². The minimum Gasteiger partial charge on any atom is -0.372 e. The second kappa shape index (κ2) is 5.33. The Balaban J connectivity index is 1.89. The van der Waals surface area contributed by atoms with Gasteiger partial charge in [0.1, 0.15) is 16.6 Å². The lowest BCUT2D eigenvalue weighted by Crippen LogP contribution is -2.02. The number of nitrogens with zero attached hydrogens (tertiary/aromatic N) is 6. The highest BCUT2D eigenvalue weighted by Crippen LogP contribution is 2.26. The first-order chi connectivity index (χ1) is 9.67. The van der Waals surface area contributed by atoms with Crippen LogP contribution in [-0.4, -0.2) is 37.0 Å². The lowest BCUT2D eigenvalue weighted by molar-refractivity contribution is 0.782. The van der Waals surface area contributed by atoms with Crippen LogP contribution in [0.15, 0.2) is 10.5 Å². The van der Waals surface area contributed by atoms with E-state index in [0.29, 0.717) is 5.75 Å². The van der Waals surface area contributed by atoms with E-state index < -0.39 is 0 Å². The summed E-state index contributed by atoms with van der Waals surface area (Å²) < 4.78 is 2.68. The van der Waals surface area contributed by atoms with Crippen molar-refractivity contribution in [3.8, 4) is 0 Å². The Labute approximate surface area is 123 Å². The number of aromatic nitrogens is 6. The predicted octanol–water partition coefficient (Wildman–Crippen LogP) is 1.86. The molecule has 3 heterocycles. The highest BCUT2D eigenvalue weighted by atomic mass is 32.2. The van der Waals surface area contributed by atoms with Crippen molar-refractivity contribution in [3.05, 3.63) is 17.0 Å². The van der Waals surface area contributed by atoms with Crippen LogP contribution in [0.2, 0.25) is 0 Å². The molecule has 0 radical (unpaired) electrons. The van der Waals surface area contributed by atoms with Crippen LogP contribution in [0, 0.1) is 6.92 Å². The molecule has 0 amide bonds. The highest BCUT2D eigenvalue weighted by molar-refractivity contribution is 8.00. The van der Waals surface area contributed by atoms with E-state index in [1.807, 2.05) is 21.0 Å². The smallest absolute Gasteiger partial charge is 0.174 e. The first kappa shape index (κ1) is 13.3. The highest BCUT2D eigenvalue weighted by Gasteiger charge is 2.11. The topological polar surface area (TPSA) is 81.4 Å². The Morgan fingerprint density at radius 1 is 1.35 bits per heavy atom. The third kappa shape index (κ3) is 2.46. The van der Waals surface area contributed by atoms with Gasteiger partial charge in [-0.25, -0.2) is 9.97 Å². The summed E-state index contributed by atoms with van der Waals surface area (Å²) in [4.78, 5) is 9.06. The van der Waals surface area contributed by atoms with Gasteiger partial charge in [0.05, 0.1) is 17.3 Å². The Morgan fingerprint density at radius 2 is 2.20 bits per heavy atom. The summed E-state index contributed by atoms with van der Waals surface area (Å²) in [6, 6.07) is 0. The Kier molecular flexibility index (Phi) is 3.53. The minimum atomic E-state index is 0.657. The molecule has 1 N–H and O–H groups in total. The van der Waals surface area contributed by atoms with Crippen LogP contribution in [0.4, 0.5) is 5.82 Å². The van der Waals surface area contributed by atoms with Crippen LogP contribution in [0.25, 0.3) is 11.0 Å². The third-order valence-corrected chi connectivity index (χ3v) is 4.68. The van der Waals surface area contributed by atoms with E-state index in [1.165, 1.54) is 0 Å². The van der Waals surface area contributed by atoms with Crippen molar-refractivity contribution in [1.29, 1.82) is 0 Å². The molecule has 0 bridgehead atoms. The van der Waals surface area contributed by atoms with E-state index in [1.54, 1.807) is 34.0 Å². The van der Waals surface area contributed by atoms with E-state index in [-0.39, 0.29) is 0 Å². The van der Waals surface area contributed by atoms with Gasteiger partial charge in [0.25, 0.3) is 0 Å². The maximum absolute atomic E-state index is 4.55. The SMILES string of the molecule is CNc1nc(CSc2nnc(C)s2)nc2c1cnn2C. The number of thioether (sulfide) groups is 1. The zero-order valence-electron chi connectivity index (χ0n) is 11.3. The lowest BCUT2D eigenvalue weighted by Gasteiger charge is -2.04. The Morgan fingerprint density at radius 3 is 2.90 bits per heavy atom. The molecule has 3 aromatic heterocycles. The van der Waals surface area contributed by atoms with E-state index in [9.17, 15) is 0 Å². The maximum atomic E-state index is 4.55. The van der Waals surface area contributed by atoms with Gasteiger partial charge in [-0.1, -0.05) is 23.1 Å². The van der Waals surface area contributed by atoms with Crippen molar-refractivity contribution in [2.45, 2.75) is 17.0 Å². The van der Waals surface area contributed by atoms with Crippen LogP contribution in [0.5, 0.6) is 0 Å². The monoisotopic (exact) mass is 307 g/mol. The molecule has 0 aromatic carbocycles. The molecule has 0 unspecified atom stereocenters. The van der Waals surface area contributed by atoms with Gasteiger partial charge in [0.15, 0.2) is 9.99 Å². The molecule has 0 fully saturated rings. The molecule has 3 aromatic rings. The van der Waals surface area contributed by atoms with E-state index in [4.69, 9.17) is 0 Å². The van der Waals surface area contributed by atoms with Crippen molar-refractivity contribution in [2.24, 2.45) is 7.05 Å². The van der Waals surface area contributed by atoms with Crippen LogP contribution in [-0.2, 0) is 12.8 Å². The van der Waals surface area contributed by atoms with E-state index in [0.717, 1.165) is 32.0 Å². The normalized spacial score (nSPS) is 11.2. The lowest BCUT2D eigenvalue weighted by atomic mass is 10.4. The molecule has 0 aliphatic heterocycles. The Hall–Kier alpha value is -1.74. The molecular weight excluding hydrogens is 294 g/mol. The summed E-state index contributed by atoms with van der Waals surface area (Å²) in [5.74, 6) is 2.21. The molecule has 3 rings (SSSR count).